The Labute approximate surface area is 110 Å². The molecule has 4 nitrogen and oxygen atoms in total. The molecular formula is C14H26N2O2. The summed E-state index contributed by atoms with van der Waals surface area (Å²) in [6.45, 7) is 3.75. The Hall–Kier alpha value is -0.610. The number of amides is 1. The second-order valence-electron chi connectivity index (χ2n) is 5.81. The minimum Gasteiger partial charge on any atom is -0.378 e. The number of carbonyl (C=O) groups excluding carboxylic acids is 1. The lowest BCUT2D eigenvalue weighted by Crippen LogP contribution is -2.47. The summed E-state index contributed by atoms with van der Waals surface area (Å²) in [5.41, 5.74) is 6.13. The van der Waals surface area contributed by atoms with E-state index < -0.39 is 0 Å². The standard InChI is InChI=1S/C14H26N2O2/c1-10-4-2-6-12(13(10)15)14(17)16-8-7-11-5-3-9-18-11/h10-13H,2-9,15H2,1H3,(H,16,17). The van der Waals surface area contributed by atoms with Crippen molar-refractivity contribution in [2.75, 3.05) is 13.2 Å². The average molecular weight is 254 g/mol. The molecule has 2 fully saturated rings. The van der Waals surface area contributed by atoms with Crippen molar-refractivity contribution in [3.8, 4) is 0 Å². The summed E-state index contributed by atoms with van der Waals surface area (Å²) in [4.78, 5) is 12.1. The summed E-state index contributed by atoms with van der Waals surface area (Å²) in [5.74, 6) is 0.623. The molecule has 1 saturated heterocycles. The molecule has 1 heterocycles. The highest BCUT2D eigenvalue weighted by molar-refractivity contribution is 5.79. The molecule has 0 bridgehead atoms. The molecule has 4 unspecified atom stereocenters. The monoisotopic (exact) mass is 254 g/mol. The van der Waals surface area contributed by atoms with Crippen LogP contribution in [0.1, 0.15) is 45.4 Å². The zero-order valence-electron chi connectivity index (χ0n) is 11.4. The minimum atomic E-state index is 0.0123. The van der Waals surface area contributed by atoms with Crippen LogP contribution in [0.4, 0.5) is 0 Å². The number of nitrogens with two attached hydrogens (primary N) is 1. The number of hydrogen-bond acceptors (Lipinski definition) is 3. The first kappa shape index (κ1) is 13.8. The third-order valence-electron chi connectivity index (χ3n) is 4.42. The molecule has 3 N–H and O–H groups in total. The summed E-state index contributed by atoms with van der Waals surface area (Å²) in [6.07, 6.45) is 6.80. The van der Waals surface area contributed by atoms with Gasteiger partial charge in [-0.2, -0.15) is 0 Å². The molecular weight excluding hydrogens is 228 g/mol. The lowest BCUT2D eigenvalue weighted by molar-refractivity contribution is -0.127. The van der Waals surface area contributed by atoms with Gasteiger partial charge in [-0.15, -0.1) is 0 Å². The zero-order valence-corrected chi connectivity index (χ0v) is 11.4. The maximum absolute atomic E-state index is 12.1. The van der Waals surface area contributed by atoms with Gasteiger partial charge in [0.1, 0.15) is 0 Å². The number of nitrogens with one attached hydrogen (secondary N) is 1. The van der Waals surface area contributed by atoms with Crippen LogP contribution >= 0.6 is 0 Å². The van der Waals surface area contributed by atoms with E-state index >= 15 is 0 Å². The van der Waals surface area contributed by atoms with Crippen LogP contribution in [-0.4, -0.2) is 31.2 Å². The number of carbonyl (C=O) groups is 1. The molecule has 0 radical (unpaired) electrons. The second-order valence-corrected chi connectivity index (χ2v) is 5.81. The molecule has 2 rings (SSSR count). The molecule has 2 aliphatic rings. The minimum absolute atomic E-state index is 0.0123. The second kappa shape index (κ2) is 6.53. The van der Waals surface area contributed by atoms with Crippen molar-refractivity contribution in [3.63, 3.8) is 0 Å². The van der Waals surface area contributed by atoms with E-state index in [1.165, 1.54) is 0 Å². The fourth-order valence-corrected chi connectivity index (χ4v) is 3.11. The first-order chi connectivity index (χ1) is 8.68. The van der Waals surface area contributed by atoms with Crippen molar-refractivity contribution in [2.24, 2.45) is 17.6 Å². The maximum Gasteiger partial charge on any atom is 0.224 e. The predicted octanol–water partition coefficient (Wildman–Crippen LogP) is 1.44. The van der Waals surface area contributed by atoms with E-state index in [9.17, 15) is 4.79 Å². The number of ether oxygens (including phenoxy) is 1. The third kappa shape index (κ3) is 3.45. The summed E-state index contributed by atoms with van der Waals surface area (Å²) in [5, 5.41) is 3.03. The number of hydrogen-bond donors (Lipinski definition) is 2. The van der Waals surface area contributed by atoms with Crippen LogP contribution in [-0.2, 0) is 9.53 Å². The van der Waals surface area contributed by atoms with Crippen LogP contribution in [0.25, 0.3) is 0 Å². The Morgan fingerprint density at radius 2 is 2.17 bits per heavy atom. The molecule has 1 saturated carbocycles. The van der Waals surface area contributed by atoms with Gasteiger partial charge in [-0.05, 0) is 38.0 Å². The van der Waals surface area contributed by atoms with Crippen LogP contribution in [0.5, 0.6) is 0 Å². The molecule has 1 amide bonds. The highest BCUT2D eigenvalue weighted by Crippen LogP contribution is 2.27. The van der Waals surface area contributed by atoms with E-state index in [2.05, 4.69) is 12.2 Å². The molecule has 18 heavy (non-hydrogen) atoms. The lowest BCUT2D eigenvalue weighted by atomic mass is 9.78. The first-order valence-corrected chi connectivity index (χ1v) is 7.33. The lowest BCUT2D eigenvalue weighted by Gasteiger charge is -2.32. The van der Waals surface area contributed by atoms with E-state index in [0.717, 1.165) is 51.7 Å². The van der Waals surface area contributed by atoms with Crippen LogP contribution in [0.2, 0.25) is 0 Å². The largest absolute Gasteiger partial charge is 0.378 e. The predicted molar refractivity (Wildman–Crippen MR) is 71.1 cm³/mol. The molecule has 0 aromatic carbocycles. The zero-order chi connectivity index (χ0) is 13.0. The molecule has 1 aliphatic carbocycles. The van der Waals surface area contributed by atoms with Crippen molar-refractivity contribution in [3.05, 3.63) is 0 Å². The van der Waals surface area contributed by atoms with Gasteiger partial charge >= 0.3 is 0 Å². The Morgan fingerprint density at radius 1 is 1.33 bits per heavy atom. The molecule has 0 aromatic rings. The van der Waals surface area contributed by atoms with Crippen LogP contribution in [0.3, 0.4) is 0 Å². The van der Waals surface area contributed by atoms with Gasteiger partial charge in [-0.1, -0.05) is 13.3 Å². The SMILES string of the molecule is CC1CCCC(C(=O)NCCC2CCCO2)C1N. The van der Waals surface area contributed by atoms with Crippen LogP contribution < -0.4 is 11.1 Å². The Balaban J connectivity index is 1.70. The summed E-state index contributed by atoms with van der Waals surface area (Å²) in [6, 6.07) is 0.0291. The van der Waals surface area contributed by atoms with Gasteiger partial charge in [0.25, 0.3) is 0 Å². The fraction of sp³-hybridized carbons (Fsp3) is 0.929. The van der Waals surface area contributed by atoms with Crippen molar-refractivity contribution in [1.82, 2.24) is 5.32 Å². The summed E-state index contributed by atoms with van der Waals surface area (Å²) < 4.78 is 5.54. The van der Waals surface area contributed by atoms with E-state index in [4.69, 9.17) is 10.5 Å². The van der Waals surface area contributed by atoms with Crippen molar-refractivity contribution in [1.29, 1.82) is 0 Å². The van der Waals surface area contributed by atoms with Crippen LogP contribution in [0, 0.1) is 11.8 Å². The molecule has 4 atom stereocenters. The Bertz CT molecular complexity index is 277. The van der Waals surface area contributed by atoms with Crippen molar-refractivity contribution in [2.45, 2.75) is 57.6 Å². The Kier molecular flexibility index (Phi) is 5.01. The highest BCUT2D eigenvalue weighted by Gasteiger charge is 2.32. The molecule has 0 spiro atoms. The number of rotatable bonds is 4. The average Bonchev–Trinajstić information content (AvgIpc) is 2.85. The Morgan fingerprint density at radius 3 is 2.89 bits per heavy atom. The smallest absolute Gasteiger partial charge is 0.224 e. The van der Waals surface area contributed by atoms with Crippen LogP contribution in [0.15, 0.2) is 0 Å². The van der Waals surface area contributed by atoms with E-state index in [1.54, 1.807) is 0 Å². The normalized spacial score (nSPS) is 36.6. The van der Waals surface area contributed by atoms with Gasteiger partial charge in [-0.25, -0.2) is 0 Å². The molecule has 0 aromatic heterocycles. The molecule has 1 aliphatic heterocycles. The van der Waals surface area contributed by atoms with Gasteiger partial charge in [0.15, 0.2) is 0 Å². The van der Waals surface area contributed by atoms with Gasteiger partial charge in [0.05, 0.1) is 12.0 Å². The van der Waals surface area contributed by atoms with Crippen molar-refractivity contribution >= 4 is 5.91 Å². The first-order valence-electron chi connectivity index (χ1n) is 7.33. The summed E-state index contributed by atoms with van der Waals surface area (Å²) >= 11 is 0. The van der Waals surface area contributed by atoms with Gasteiger partial charge < -0.3 is 15.8 Å². The molecule has 104 valence electrons. The van der Waals surface area contributed by atoms with Gasteiger partial charge in [0, 0.05) is 19.2 Å². The maximum atomic E-state index is 12.1. The van der Waals surface area contributed by atoms with Gasteiger partial charge in [0.2, 0.25) is 5.91 Å². The third-order valence-corrected chi connectivity index (χ3v) is 4.42. The molecule has 4 heteroatoms. The summed E-state index contributed by atoms with van der Waals surface area (Å²) in [7, 11) is 0. The van der Waals surface area contributed by atoms with Crippen molar-refractivity contribution < 1.29 is 9.53 Å². The highest BCUT2D eigenvalue weighted by atomic mass is 16.5. The van der Waals surface area contributed by atoms with Gasteiger partial charge in [-0.3, -0.25) is 4.79 Å². The van der Waals surface area contributed by atoms with E-state index in [0.29, 0.717) is 12.0 Å². The van der Waals surface area contributed by atoms with E-state index in [1.807, 2.05) is 0 Å². The quantitative estimate of drug-likeness (QED) is 0.798. The topological polar surface area (TPSA) is 64.3 Å². The fourth-order valence-electron chi connectivity index (χ4n) is 3.11. The van der Waals surface area contributed by atoms with E-state index in [-0.39, 0.29) is 17.9 Å².